The van der Waals surface area contributed by atoms with Crippen LogP contribution in [0.25, 0.3) is 0 Å². The van der Waals surface area contributed by atoms with E-state index in [1.807, 2.05) is 0 Å². The van der Waals surface area contributed by atoms with E-state index in [0.29, 0.717) is 5.56 Å². The number of hydrazone groups is 1. The predicted octanol–water partition coefficient (Wildman–Crippen LogP) is 1.81. The van der Waals surface area contributed by atoms with Crippen molar-refractivity contribution in [2.24, 2.45) is 5.10 Å². The number of carbonyl (C=O) groups is 2. The normalized spacial score (nSPS) is 18.7. The molecule has 1 atom stereocenters. The Bertz CT molecular complexity index is 943. The van der Waals surface area contributed by atoms with Gasteiger partial charge in [-0.3, -0.25) is 14.9 Å². The van der Waals surface area contributed by atoms with E-state index in [-0.39, 0.29) is 23.4 Å². The van der Waals surface area contributed by atoms with Crippen LogP contribution in [0, 0.1) is 10.1 Å². The highest BCUT2D eigenvalue weighted by atomic mass is 16.6. The van der Waals surface area contributed by atoms with E-state index in [1.165, 1.54) is 18.2 Å². The van der Waals surface area contributed by atoms with Crippen molar-refractivity contribution in [3.05, 3.63) is 75.8 Å². The van der Waals surface area contributed by atoms with E-state index < -0.39 is 22.5 Å². The average Bonchev–Trinajstić information content (AvgIpc) is 3.06. The van der Waals surface area contributed by atoms with Gasteiger partial charge >= 0.3 is 5.97 Å². The second-order valence-electron chi connectivity index (χ2n) is 5.82. The minimum atomic E-state index is -1.92. The maximum absolute atomic E-state index is 13.0. The first-order valence-electron chi connectivity index (χ1n) is 7.89. The molecular formula is C18H15N3O6. The number of non-ortho nitro benzene ring substituents is 1. The number of ether oxygens (including phenoxy) is 1. The molecule has 1 N–H and O–H groups in total. The van der Waals surface area contributed by atoms with Crippen LogP contribution in [-0.2, 0) is 15.3 Å². The van der Waals surface area contributed by atoms with Gasteiger partial charge in [-0.25, -0.2) is 4.79 Å². The van der Waals surface area contributed by atoms with Crippen molar-refractivity contribution >= 4 is 23.3 Å². The first-order valence-corrected chi connectivity index (χ1v) is 7.89. The minimum Gasteiger partial charge on any atom is -0.464 e. The van der Waals surface area contributed by atoms with Gasteiger partial charge in [0.05, 0.1) is 18.5 Å². The molecule has 0 aliphatic carbocycles. The molecular weight excluding hydrogens is 354 g/mol. The number of hydrogen-bond donors (Lipinski definition) is 1. The van der Waals surface area contributed by atoms with Crippen molar-refractivity contribution in [3.8, 4) is 0 Å². The SMILES string of the molecule is COC(=O)C1=NN(C(=O)c2cccc([N+](=O)[O-])c2)[C@@](O)(c2ccccc2)C1. The largest absolute Gasteiger partial charge is 0.464 e. The second kappa shape index (κ2) is 6.96. The highest BCUT2D eigenvalue weighted by Crippen LogP contribution is 2.36. The summed E-state index contributed by atoms with van der Waals surface area (Å²) < 4.78 is 4.64. The molecule has 27 heavy (non-hydrogen) atoms. The van der Waals surface area contributed by atoms with Gasteiger partial charge in [0.2, 0.25) is 0 Å². The van der Waals surface area contributed by atoms with Crippen LogP contribution in [0.5, 0.6) is 0 Å². The Morgan fingerprint density at radius 3 is 2.56 bits per heavy atom. The molecule has 2 aromatic rings. The van der Waals surface area contributed by atoms with E-state index in [4.69, 9.17) is 0 Å². The van der Waals surface area contributed by atoms with Gasteiger partial charge < -0.3 is 9.84 Å². The van der Waals surface area contributed by atoms with E-state index in [9.17, 15) is 24.8 Å². The van der Waals surface area contributed by atoms with Gasteiger partial charge in [0.15, 0.2) is 11.4 Å². The quantitative estimate of drug-likeness (QED) is 0.498. The summed E-state index contributed by atoms with van der Waals surface area (Å²) in [6.07, 6.45) is -0.273. The van der Waals surface area contributed by atoms with Crippen LogP contribution in [0.15, 0.2) is 59.7 Å². The minimum absolute atomic E-state index is 0.0478. The number of rotatable bonds is 4. The summed E-state index contributed by atoms with van der Waals surface area (Å²) in [5.74, 6) is -1.57. The molecule has 0 saturated heterocycles. The lowest BCUT2D eigenvalue weighted by molar-refractivity contribution is -0.384. The highest BCUT2D eigenvalue weighted by molar-refractivity contribution is 6.37. The van der Waals surface area contributed by atoms with E-state index in [0.717, 1.165) is 18.2 Å². The van der Waals surface area contributed by atoms with Crippen molar-refractivity contribution in [3.63, 3.8) is 0 Å². The molecule has 1 amide bonds. The lowest BCUT2D eigenvalue weighted by Crippen LogP contribution is -2.43. The Kier molecular flexibility index (Phi) is 4.70. The van der Waals surface area contributed by atoms with Crippen molar-refractivity contribution in [1.29, 1.82) is 0 Å². The fourth-order valence-electron chi connectivity index (χ4n) is 2.80. The van der Waals surface area contributed by atoms with Gasteiger partial charge in [-0.05, 0) is 6.07 Å². The van der Waals surface area contributed by atoms with Gasteiger partial charge in [0.1, 0.15) is 0 Å². The van der Waals surface area contributed by atoms with Crippen LogP contribution in [0.4, 0.5) is 5.69 Å². The molecule has 3 rings (SSSR count). The third-order valence-corrected chi connectivity index (χ3v) is 4.14. The Hall–Kier alpha value is -3.59. The monoisotopic (exact) mass is 369 g/mol. The Balaban J connectivity index is 2.06. The number of nitro benzene ring substituents is 1. The Labute approximate surface area is 153 Å². The zero-order chi connectivity index (χ0) is 19.6. The summed E-state index contributed by atoms with van der Waals surface area (Å²) in [5.41, 5.74) is -2.05. The average molecular weight is 369 g/mol. The lowest BCUT2D eigenvalue weighted by Gasteiger charge is -2.31. The fraction of sp³-hybridized carbons (Fsp3) is 0.167. The maximum Gasteiger partial charge on any atom is 0.354 e. The van der Waals surface area contributed by atoms with Gasteiger partial charge in [0.25, 0.3) is 11.6 Å². The first-order chi connectivity index (χ1) is 12.9. The first kappa shape index (κ1) is 18.2. The smallest absolute Gasteiger partial charge is 0.354 e. The Morgan fingerprint density at radius 2 is 1.93 bits per heavy atom. The molecule has 1 aliphatic heterocycles. The van der Waals surface area contributed by atoms with E-state index >= 15 is 0 Å². The predicted molar refractivity (Wildman–Crippen MR) is 93.7 cm³/mol. The van der Waals surface area contributed by atoms with Crippen molar-refractivity contribution < 1.29 is 24.4 Å². The van der Waals surface area contributed by atoms with Crippen LogP contribution in [0.3, 0.4) is 0 Å². The van der Waals surface area contributed by atoms with Gasteiger partial charge in [-0.15, -0.1) is 0 Å². The molecule has 2 aromatic carbocycles. The summed E-state index contributed by atoms with van der Waals surface area (Å²) in [6, 6.07) is 13.3. The zero-order valence-electron chi connectivity index (χ0n) is 14.2. The highest BCUT2D eigenvalue weighted by Gasteiger charge is 2.48. The number of esters is 1. The maximum atomic E-state index is 13.0. The molecule has 9 heteroatoms. The third-order valence-electron chi connectivity index (χ3n) is 4.14. The van der Waals surface area contributed by atoms with Crippen LogP contribution < -0.4 is 0 Å². The summed E-state index contributed by atoms with van der Waals surface area (Å²) >= 11 is 0. The number of methoxy groups -OCH3 is 1. The van der Waals surface area contributed by atoms with Gasteiger partial charge in [-0.2, -0.15) is 10.1 Å². The van der Waals surface area contributed by atoms with Crippen molar-refractivity contribution in [1.82, 2.24) is 5.01 Å². The summed E-state index contributed by atoms with van der Waals surface area (Å²) in [6.45, 7) is 0. The molecule has 0 spiro atoms. The molecule has 1 heterocycles. The Morgan fingerprint density at radius 1 is 1.22 bits per heavy atom. The molecule has 0 saturated carbocycles. The standard InChI is InChI=1S/C18H15N3O6/c1-27-17(23)15-11-18(24,13-7-3-2-4-8-13)20(19-15)16(22)12-6-5-9-14(10-12)21(25)26/h2-10,24H,11H2,1H3/t18-/m0/s1. The van der Waals surface area contributed by atoms with Crippen LogP contribution in [0.1, 0.15) is 22.3 Å². The molecule has 0 fully saturated rings. The molecule has 138 valence electrons. The molecule has 1 aliphatic rings. The third kappa shape index (κ3) is 3.27. The van der Waals surface area contributed by atoms with Gasteiger partial charge in [-0.1, -0.05) is 36.4 Å². The van der Waals surface area contributed by atoms with Crippen LogP contribution >= 0.6 is 0 Å². The number of hydrogen-bond acceptors (Lipinski definition) is 7. The topological polar surface area (TPSA) is 122 Å². The number of nitro groups is 1. The van der Waals surface area contributed by atoms with E-state index in [1.54, 1.807) is 30.3 Å². The van der Waals surface area contributed by atoms with Crippen molar-refractivity contribution in [2.75, 3.05) is 7.11 Å². The molecule has 0 radical (unpaired) electrons. The summed E-state index contributed by atoms with van der Waals surface area (Å²) in [7, 11) is 1.16. The molecule has 9 nitrogen and oxygen atoms in total. The van der Waals surface area contributed by atoms with Crippen LogP contribution in [0.2, 0.25) is 0 Å². The number of nitrogens with zero attached hydrogens (tertiary/aromatic N) is 3. The fourth-order valence-corrected chi connectivity index (χ4v) is 2.80. The molecule has 0 unspecified atom stereocenters. The van der Waals surface area contributed by atoms with Gasteiger partial charge in [0, 0.05) is 23.3 Å². The van der Waals surface area contributed by atoms with Crippen molar-refractivity contribution in [2.45, 2.75) is 12.1 Å². The number of benzene rings is 2. The number of carbonyl (C=O) groups excluding carboxylic acids is 2. The lowest BCUT2D eigenvalue weighted by atomic mass is 9.97. The molecule has 0 aromatic heterocycles. The second-order valence-corrected chi connectivity index (χ2v) is 5.82. The molecule has 0 bridgehead atoms. The summed E-state index contributed by atoms with van der Waals surface area (Å²) in [5, 5.41) is 26.9. The van der Waals surface area contributed by atoms with E-state index in [2.05, 4.69) is 9.84 Å². The summed E-state index contributed by atoms with van der Waals surface area (Å²) in [4.78, 5) is 35.2. The zero-order valence-corrected chi connectivity index (χ0v) is 14.2. The van der Waals surface area contributed by atoms with Crippen LogP contribution in [-0.4, -0.2) is 39.7 Å². The number of amides is 1. The number of aliphatic hydroxyl groups is 1.